The summed E-state index contributed by atoms with van der Waals surface area (Å²) in [6, 6.07) is 8.71. The molecule has 102 valence electrons. The lowest BCUT2D eigenvalue weighted by Gasteiger charge is -2.11. The number of nitrogens with one attached hydrogen (secondary N) is 1. The molecule has 2 rings (SSSR count). The van der Waals surface area contributed by atoms with E-state index in [0.717, 1.165) is 14.2 Å². The number of halogens is 1. The maximum Gasteiger partial charge on any atom is 0.263 e. The van der Waals surface area contributed by atoms with E-state index in [1.165, 1.54) is 11.3 Å². The van der Waals surface area contributed by atoms with Crippen LogP contribution >= 0.6 is 27.3 Å². The molecule has 1 aromatic carbocycles. The van der Waals surface area contributed by atoms with Crippen LogP contribution in [0.25, 0.3) is 0 Å². The SMILES string of the molecule is Cc1sc(Br)cc1S(=O)(=O)Nc1ccccc1CN. The first-order valence-corrected chi connectivity index (χ1v) is 8.60. The highest BCUT2D eigenvalue weighted by Gasteiger charge is 2.20. The highest BCUT2D eigenvalue weighted by molar-refractivity contribution is 9.11. The van der Waals surface area contributed by atoms with Crippen molar-refractivity contribution in [3.63, 3.8) is 0 Å². The zero-order valence-electron chi connectivity index (χ0n) is 10.2. The fraction of sp³-hybridized carbons (Fsp3) is 0.167. The first-order chi connectivity index (χ1) is 8.94. The Labute approximate surface area is 124 Å². The molecule has 0 aliphatic rings. The molecule has 0 bridgehead atoms. The van der Waals surface area contributed by atoms with Gasteiger partial charge in [-0.15, -0.1) is 11.3 Å². The van der Waals surface area contributed by atoms with Gasteiger partial charge in [-0.05, 0) is 40.5 Å². The van der Waals surface area contributed by atoms with E-state index in [1.807, 2.05) is 6.07 Å². The Kier molecular flexibility index (Phi) is 4.29. The van der Waals surface area contributed by atoms with Crippen molar-refractivity contribution in [3.8, 4) is 0 Å². The van der Waals surface area contributed by atoms with Crippen molar-refractivity contribution in [1.29, 1.82) is 0 Å². The van der Waals surface area contributed by atoms with Crippen LogP contribution in [0.5, 0.6) is 0 Å². The molecule has 0 aliphatic carbocycles. The maximum atomic E-state index is 12.3. The van der Waals surface area contributed by atoms with Gasteiger partial charge in [0.15, 0.2) is 0 Å². The maximum absolute atomic E-state index is 12.3. The molecule has 0 spiro atoms. The van der Waals surface area contributed by atoms with Crippen LogP contribution in [-0.2, 0) is 16.6 Å². The number of para-hydroxylation sites is 1. The van der Waals surface area contributed by atoms with E-state index >= 15 is 0 Å². The number of hydrogen-bond donors (Lipinski definition) is 2. The molecule has 0 radical (unpaired) electrons. The minimum Gasteiger partial charge on any atom is -0.326 e. The van der Waals surface area contributed by atoms with Gasteiger partial charge in [-0.3, -0.25) is 4.72 Å². The first kappa shape index (κ1) is 14.5. The Morgan fingerprint density at radius 3 is 2.63 bits per heavy atom. The second-order valence-corrected chi connectivity index (χ2v) is 8.22. The first-order valence-electron chi connectivity index (χ1n) is 5.51. The number of hydrogen-bond acceptors (Lipinski definition) is 4. The van der Waals surface area contributed by atoms with E-state index in [4.69, 9.17) is 5.73 Å². The molecular weight excluding hydrogens is 348 g/mol. The summed E-state index contributed by atoms with van der Waals surface area (Å²) >= 11 is 4.68. The number of sulfonamides is 1. The van der Waals surface area contributed by atoms with Crippen LogP contribution < -0.4 is 10.5 Å². The summed E-state index contributed by atoms with van der Waals surface area (Å²) in [4.78, 5) is 1.03. The normalized spacial score (nSPS) is 11.5. The zero-order valence-corrected chi connectivity index (χ0v) is 13.4. The number of nitrogens with two attached hydrogens (primary N) is 1. The number of thiophene rings is 1. The molecule has 0 saturated carbocycles. The number of rotatable bonds is 4. The number of benzene rings is 1. The summed E-state index contributed by atoms with van der Waals surface area (Å²) in [5.74, 6) is 0. The highest BCUT2D eigenvalue weighted by atomic mass is 79.9. The van der Waals surface area contributed by atoms with Crippen molar-refractivity contribution in [2.75, 3.05) is 4.72 Å². The average molecular weight is 361 g/mol. The van der Waals surface area contributed by atoms with Crippen LogP contribution in [0.2, 0.25) is 0 Å². The zero-order chi connectivity index (χ0) is 14.0. The van der Waals surface area contributed by atoms with Crippen LogP contribution in [0.1, 0.15) is 10.4 Å². The van der Waals surface area contributed by atoms with Gasteiger partial charge in [0.1, 0.15) is 4.90 Å². The van der Waals surface area contributed by atoms with E-state index < -0.39 is 10.0 Å². The van der Waals surface area contributed by atoms with E-state index in [9.17, 15) is 8.42 Å². The minimum atomic E-state index is -3.58. The highest BCUT2D eigenvalue weighted by Crippen LogP contribution is 2.31. The molecule has 2 aromatic rings. The van der Waals surface area contributed by atoms with Gasteiger partial charge in [-0.25, -0.2) is 8.42 Å². The fourth-order valence-electron chi connectivity index (χ4n) is 1.70. The van der Waals surface area contributed by atoms with Crippen LogP contribution in [0.3, 0.4) is 0 Å². The molecule has 3 N–H and O–H groups in total. The molecule has 7 heteroatoms. The minimum absolute atomic E-state index is 0.283. The lowest BCUT2D eigenvalue weighted by atomic mass is 10.2. The monoisotopic (exact) mass is 360 g/mol. The lowest BCUT2D eigenvalue weighted by molar-refractivity contribution is 0.601. The molecule has 4 nitrogen and oxygen atoms in total. The summed E-state index contributed by atoms with van der Waals surface area (Å²) in [7, 11) is -3.58. The fourth-order valence-corrected chi connectivity index (χ4v) is 5.21. The lowest BCUT2D eigenvalue weighted by Crippen LogP contribution is -2.15. The Balaban J connectivity index is 2.39. The van der Waals surface area contributed by atoms with Crippen molar-refractivity contribution in [1.82, 2.24) is 0 Å². The van der Waals surface area contributed by atoms with Gasteiger partial charge in [-0.2, -0.15) is 0 Å². The van der Waals surface area contributed by atoms with Crippen LogP contribution in [0.4, 0.5) is 5.69 Å². The molecule has 0 fully saturated rings. The number of anilines is 1. The van der Waals surface area contributed by atoms with E-state index in [2.05, 4.69) is 20.7 Å². The van der Waals surface area contributed by atoms with E-state index in [0.29, 0.717) is 5.69 Å². The van der Waals surface area contributed by atoms with Gasteiger partial charge in [0, 0.05) is 11.4 Å². The van der Waals surface area contributed by atoms with Crippen molar-refractivity contribution in [3.05, 3.63) is 44.6 Å². The number of aryl methyl sites for hydroxylation is 1. The molecular formula is C12H13BrN2O2S2. The third-order valence-corrected chi connectivity index (χ3v) is 5.79. The van der Waals surface area contributed by atoms with Crippen molar-refractivity contribution in [2.45, 2.75) is 18.4 Å². The van der Waals surface area contributed by atoms with Gasteiger partial charge >= 0.3 is 0 Å². The molecule has 1 aromatic heterocycles. The van der Waals surface area contributed by atoms with E-state index in [-0.39, 0.29) is 11.4 Å². The molecule has 0 atom stereocenters. The second kappa shape index (κ2) is 5.62. The van der Waals surface area contributed by atoms with Crippen molar-refractivity contribution >= 4 is 43.0 Å². The van der Waals surface area contributed by atoms with Crippen molar-refractivity contribution in [2.24, 2.45) is 5.73 Å². The molecule has 0 amide bonds. The summed E-state index contributed by atoms with van der Waals surface area (Å²) in [5.41, 5.74) is 6.88. The second-order valence-electron chi connectivity index (χ2n) is 3.94. The van der Waals surface area contributed by atoms with Crippen LogP contribution in [0.15, 0.2) is 39.0 Å². The Hall–Kier alpha value is -0.890. The Morgan fingerprint density at radius 2 is 2.05 bits per heavy atom. The van der Waals surface area contributed by atoms with E-state index in [1.54, 1.807) is 31.2 Å². The molecule has 0 saturated heterocycles. The standard InChI is InChI=1S/C12H13BrN2O2S2/c1-8-11(6-12(13)18-8)19(16,17)15-10-5-3-2-4-9(10)7-14/h2-6,15H,7,14H2,1H3. The van der Waals surface area contributed by atoms with Gasteiger partial charge < -0.3 is 5.73 Å². The molecule has 1 heterocycles. The molecule has 0 unspecified atom stereocenters. The van der Waals surface area contributed by atoms with Gasteiger partial charge in [0.05, 0.1) is 9.47 Å². The summed E-state index contributed by atoms with van der Waals surface area (Å²) in [5, 5.41) is 0. The predicted molar refractivity (Wildman–Crippen MR) is 81.9 cm³/mol. The van der Waals surface area contributed by atoms with Gasteiger partial charge in [-0.1, -0.05) is 18.2 Å². The summed E-state index contributed by atoms with van der Waals surface area (Å²) < 4.78 is 28.1. The quantitative estimate of drug-likeness (QED) is 0.879. The molecule has 0 aliphatic heterocycles. The third-order valence-electron chi connectivity index (χ3n) is 2.61. The largest absolute Gasteiger partial charge is 0.326 e. The summed E-state index contributed by atoms with van der Waals surface area (Å²) in [6.07, 6.45) is 0. The molecule has 19 heavy (non-hydrogen) atoms. The Bertz CT molecular complexity index is 696. The smallest absolute Gasteiger partial charge is 0.263 e. The predicted octanol–water partition coefficient (Wildman–Crippen LogP) is 3.08. The topological polar surface area (TPSA) is 72.2 Å². The van der Waals surface area contributed by atoms with Crippen molar-refractivity contribution < 1.29 is 8.42 Å². The average Bonchev–Trinajstić information content (AvgIpc) is 2.69. The summed E-state index contributed by atoms with van der Waals surface area (Å²) in [6.45, 7) is 2.06. The van der Waals surface area contributed by atoms with Crippen LogP contribution in [-0.4, -0.2) is 8.42 Å². The van der Waals surface area contributed by atoms with Gasteiger partial charge in [0.25, 0.3) is 10.0 Å². The third kappa shape index (κ3) is 3.17. The Morgan fingerprint density at radius 1 is 1.37 bits per heavy atom. The van der Waals surface area contributed by atoms with Crippen LogP contribution in [0, 0.1) is 6.92 Å². The van der Waals surface area contributed by atoms with Gasteiger partial charge in [0.2, 0.25) is 0 Å².